The molecule has 2 rings (SSSR count). The number of hydrogen-bond donors (Lipinski definition) is 3. The zero-order chi connectivity index (χ0) is 15.1. The lowest BCUT2D eigenvalue weighted by molar-refractivity contribution is -0.120. The molecule has 1 heterocycles. The molecular weight excluding hydrogens is 336 g/mol. The van der Waals surface area contributed by atoms with E-state index in [1.54, 1.807) is 30.6 Å². The molecule has 21 heavy (non-hydrogen) atoms. The van der Waals surface area contributed by atoms with Crippen molar-refractivity contribution in [3.8, 4) is 0 Å². The molecule has 0 atom stereocenters. The molecule has 1 aromatic carbocycles. The average Bonchev–Trinajstić information content (AvgIpc) is 2.98. The molecule has 0 aliphatic rings. The van der Waals surface area contributed by atoms with E-state index in [0.717, 1.165) is 10.3 Å². The minimum absolute atomic E-state index is 0.0521. The van der Waals surface area contributed by atoms with Crippen molar-refractivity contribution in [3.05, 3.63) is 52.5 Å². The topological polar surface area (TPSA) is 86.9 Å². The molecule has 0 aliphatic carbocycles. The molecule has 110 valence electrons. The van der Waals surface area contributed by atoms with Gasteiger partial charge in [-0.1, -0.05) is 22.0 Å². The Kier molecular flexibility index (Phi) is 5.51. The molecule has 1 aromatic heterocycles. The van der Waals surface area contributed by atoms with E-state index in [-0.39, 0.29) is 18.4 Å². The van der Waals surface area contributed by atoms with Gasteiger partial charge in [0.2, 0.25) is 5.91 Å². The maximum Gasteiger partial charge on any atom is 0.251 e. The summed E-state index contributed by atoms with van der Waals surface area (Å²) >= 11 is 3.30. The number of halogens is 1. The molecule has 6 nitrogen and oxygen atoms in total. The first-order valence-corrected chi connectivity index (χ1v) is 7.23. The Bertz CT molecular complexity index is 613. The third-order valence-electron chi connectivity index (χ3n) is 2.74. The number of hydrogen-bond acceptors (Lipinski definition) is 3. The van der Waals surface area contributed by atoms with Crippen molar-refractivity contribution < 1.29 is 9.59 Å². The molecule has 0 saturated heterocycles. The SMILES string of the molecule is O=C(CNC(=O)c1cccc(Br)c1)NCCc1ncc[nH]1. The number of aromatic nitrogens is 2. The number of benzene rings is 1. The fourth-order valence-corrected chi connectivity index (χ4v) is 2.11. The van der Waals surface area contributed by atoms with Gasteiger partial charge in [0.05, 0.1) is 6.54 Å². The first-order chi connectivity index (χ1) is 10.1. The highest BCUT2D eigenvalue weighted by molar-refractivity contribution is 9.10. The number of aromatic amines is 1. The van der Waals surface area contributed by atoms with Crippen molar-refractivity contribution in [2.75, 3.05) is 13.1 Å². The second kappa shape index (κ2) is 7.58. The number of nitrogens with zero attached hydrogens (tertiary/aromatic N) is 1. The van der Waals surface area contributed by atoms with Crippen molar-refractivity contribution in [1.29, 1.82) is 0 Å². The Morgan fingerprint density at radius 3 is 2.86 bits per heavy atom. The van der Waals surface area contributed by atoms with Crippen LogP contribution >= 0.6 is 15.9 Å². The van der Waals surface area contributed by atoms with Gasteiger partial charge in [0, 0.05) is 35.4 Å². The van der Waals surface area contributed by atoms with Gasteiger partial charge in [-0.05, 0) is 18.2 Å². The fraction of sp³-hybridized carbons (Fsp3) is 0.214. The summed E-state index contributed by atoms with van der Waals surface area (Å²) in [5, 5.41) is 5.29. The van der Waals surface area contributed by atoms with E-state index in [2.05, 4.69) is 36.5 Å². The Morgan fingerprint density at radius 1 is 1.29 bits per heavy atom. The molecule has 0 bridgehead atoms. The first-order valence-electron chi connectivity index (χ1n) is 6.44. The van der Waals surface area contributed by atoms with E-state index >= 15 is 0 Å². The van der Waals surface area contributed by atoms with Crippen LogP contribution in [0.2, 0.25) is 0 Å². The van der Waals surface area contributed by atoms with Crippen LogP contribution in [0.3, 0.4) is 0 Å². The Labute approximate surface area is 130 Å². The highest BCUT2D eigenvalue weighted by atomic mass is 79.9. The molecule has 2 aromatic rings. The molecule has 3 N–H and O–H groups in total. The second-order valence-electron chi connectivity index (χ2n) is 4.33. The van der Waals surface area contributed by atoms with Crippen LogP contribution in [0, 0.1) is 0 Å². The minimum Gasteiger partial charge on any atom is -0.354 e. The molecular formula is C14H15BrN4O2. The van der Waals surface area contributed by atoms with Crippen molar-refractivity contribution in [1.82, 2.24) is 20.6 Å². The number of rotatable bonds is 6. The standard InChI is InChI=1S/C14H15BrN4O2/c15-11-3-1-2-10(8-11)14(21)19-9-13(20)18-5-4-12-16-6-7-17-12/h1-3,6-8H,4-5,9H2,(H,16,17)(H,18,20)(H,19,21). The Morgan fingerprint density at radius 2 is 2.14 bits per heavy atom. The van der Waals surface area contributed by atoms with Crippen LogP contribution in [-0.4, -0.2) is 34.9 Å². The van der Waals surface area contributed by atoms with Crippen molar-refractivity contribution in [3.63, 3.8) is 0 Å². The predicted molar refractivity (Wildman–Crippen MR) is 81.8 cm³/mol. The molecule has 0 spiro atoms. The van der Waals surface area contributed by atoms with Crippen LogP contribution in [-0.2, 0) is 11.2 Å². The maximum atomic E-state index is 11.8. The summed E-state index contributed by atoms with van der Waals surface area (Å²) in [6.45, 7) is 0.419. The summed E-state index contributed by atoms with van der Waals surface area (Å²) in [6, 6.07) is 6.99. The van der Waals surface area contributed by atoms with E-state index in [0.29, 0.717) is 18.5 Å². The molecule has 0 saturated carbocycles. The summed E-state index contributed by atoms with van der Waals surface area (Å²) in [5.74, 6) is 0.302. The van der Waals surface area contributed by atoms with Gasteiger partial charge in [-0.15, -0.1) is 0 Å². The zero-order valence-corrected chi connectivity index (χ0v) is 12.8. The number of nitrogens with one attached hydrogen (secondary N) is 3. The van der Waals surface area contributed by atoms with Crippen molar-refractivity contribution in [2.45, 2.75) is 6.42 Å². The predicted octanol–water partition coefficient (Wildman–Crippen LogP) is 1.26. The highest BCUT2D eigenvalue weighted by Crippen LogP contribution is 2.11. The Hall–Kier alpha value is -2.15. The lowest BCUT2D eigenvalue weighted by Crippen LogP contribution is -2.37. The first kappa shape index (κ1) is 15.2. The second-order valence-corrected chi connectivity index (χ2v) is 5.24. The number of imidazole rings is 1. The van der Waals surface area contributed by atoms with E-state index in [1.165, 1.54) is 0 Å². The Balaban J connectivity index is 1.70. The molecule has 0 unspecified atom stereocenters. The van der Waals surface area contributed by atoms with Crippen molar-refractivity contribution >= 4 is 27.7 Å². The van der Waals surface area contributed by atoms with Gasteiger partial charge in [0.15, 0.2) is 0 Å². The van der Waals surface area contributed by atoms with E-state index in [1.807, 2.05) is 6.07 Å². The van der Waals surface area contributed by atoms with Gasteiger partial charge >= 0.3 is 0 Å². The highest BCUT2D eigenvalue weighted by Gasteiger charge is 2.08. The van der Waals surface area contributed by atoms with Crippen LogP contribution in [0.25, 0.3) is 0 Å². The van der Waals surface area contributed by atoms with Gasteiger partial charge < -0.3 is 15.6 Å². The summed E-state index contributed by atoms with van der Waals surface area (Å²) in [7, 11) is 0. The van der Waals surface area contributed by atoms with Crippen LogP contribution in [0.5, 0.6) is 0 Å². The quantitative estimate of drug-likeness (QED) is 0.732. The average molecular weight is 351 g/mol. The molecule has 0 aliphatic heterocycles. The monoisotopic (exact) mass is 350 g/mol. The van der Waals surface area contributed by atoms with Crippen LogP contribution < -0.4 is 10.6 Å². The van der Waals surface area contributed by atoms with Gasteiger partial charge in [0.25, 0.3) is 5.91 Å². The molecule has 0 radical (unpaired) electrons. The number of amides is 2. The van der Waals surface area contributed by atoms with Gasteiger partial charge in [0.1, 0.15) is 5.82 Å². The van der Waals surface area contributed by atoms with E-state index < -0.39 is 0 Å². The fourth-order valence-electron chi connectivity index (χ4n) is 1.71. The number of carbonyl (C=O) groups excluding carboxylic acids is 2. The maximum absolute atomic E-state index is 11.8. The normalized spacial score (nSPS) is 10.1. The lowest BCUT2D eigenvalue weighted by Gasteiger charge is -2.06. The summed E-state index contributed by atoms with van der Waals surface area (Å²) < 4.78 is 0.818. The third-order valence-corrected chi connectivity index (χ3v) is 3.23. The lowest BCUT2D eigenvalue weighted by atomic mass is 10.2. The largest absolute Gasteiger partial charge is 0.354 e. The smallest absolute Gasteiger partial charge is 0.251 e. The van der Waals surface area contributed by atoms with Gasteiger partial charge in [-0.2, -0.15) is 0 Å². The molecule has 7 heteroatoms. The van der Waals surface area contributed by atoms with Crippen LogP contribution in [0.4, 0.5) is 0 Å². The van der Waals surface area contributed by atoms with Crippen LogP contribution in [0.1, 0.15) is 16.2 Å². The van der Waals surface area contributed by atoms with Crippen LogP contribution in [0.15, 0.2) is 41.1 Å². The third kappa shape index (κ3) is 5.03. The zero-order valence-electron chi connectivity index (χ0n) is 11.2. The minimum atomic E-state index is -0.280. The number of carbonyl (C=O) groups is 2. The van der Waals surface area contributed by atoms with E-state index in [4.69, 9.17) is 0 Å². The summed E-state index contributed by atoms with van der Waals surface area (Å²) in [5.41, 5.74) is 0.507. The van der Waals surface area contributed by atoms with E-state index in [9.17, 15) is 9.59 Å². The van der Waals surface area contributed by atoms with Gasteiger partial charge in [-0.25, -0.2) is 4.98 Å². The van der Waals surface area contributed by atoms with Gasteiger partial charge in [-0.3, -0.25) is 9.59 Å². The molecule has 0 fully saturated rings. The molecule has 2 amide bonds. The number of H-pyrrole nitrogens is 1. The summed E-state index contributed by atoms with van der Waals surface area (Å²) in [6.07, 6.45) is 4.02. The summed E-state index contributed by atoms with van der Waals surface area (Å²) in [4.78, 5) is 30.4. The van der Waals surface area contributed by atoms with Crippen molar-refractivity contribution in [2.24, 2.45) is 0 Å².